The Labute approximate surface area is 128 Å². The first kappa shape index (κ1) is 15.8. The Morgan fingerprint density at radius 2 is 2.18 bits per heavy atom. The van der Waals surface area contributed by atoms with Gasteiger partial charge in [0.2, 0.25) is 0 Å². The molecule has 0 aliphatic carbocycles. The SMILES string of the molecule is CCOC(C)c1noc(COc2ccc(C#N)cc2OC)n1. The lowest BCUT2D eigenvalue weighted by molar-refractivity contribution is 0.0683. The van der Waals surface area contributed by atoms with Crippen LogP contribution in [0.3, 0.4) is 0 Å². The molecule has 22 heavy (non-hydrogen) atoms. The largest absolute Gasteiger partial charge is 0.493 e. The maximum atomic E-state index is 8.86. The van der Waals surface area contributed by atoms with Gasteiger partial charge in [0, 0.05) is 12.7 Å². The summed E-state index contributed by atoms with van der Waals surface area (Å²) in [5.41, 5.74) is 0.495. The molecule has 1 aromatic carbocycles. The van der Waals surface area contributed by atoms with Crippen molar-refractivity contribution in [3.63, 3.8) is 0 Å². The van der Waals surface area contributed by atoms with E-state index in [4.69, 9.17) is 24.0 Å². The van der Waals surface area contributed by atoms with Crippen molar-refractivity contribution in [3.05, 3.63) is 35.5 Å². The van der Waals surface area contributed by atoms with Crippen LogP contribution in [0.2, 0.25) is 0 Å². The van der Waals surface area contributed by atoms with Gasteiger partial charge in [-0.1, -0.05) is 5.16 Å². The number of benzene rings is 1. The summed E-state index contributed by atoms with van der Waals surface area (Å²) < 4.78 is 21.3. The highest BCUT2D eigenvalue weighted by atomic mass is 16.5. The van der Waals surface area contributed by atoms with Crippen LogP contribution in [0.15, 0.2) is 22.7 Å². The van der Waals surface area contributed by atoms with Crippen molar-refractivity contribution in [2.45, 2.75) is 26.6 Å². The van der Waals surface area contributed by atoms with Gasteiger partial charge in [-0.15, -0.1) is 0 Å². The van der Waals surface area contributed by atoms with Gasteiger partial charge in [0.15, 0.2) is 23.9 Å². The average Bonchev–Trinajstić information content (AvgIpc) is 3.02. The van der Waals surface area contributed by atoms with E-state index in [0.29, 0.717) is 35.4 Å². The number of hydrogen-bond acceptors (Lipinski definition) is 7. The number of nitriles is 1. The van der Waals surface area contributed by atoms with E-state index in [1.807, 2.05) is 19.9 Å². The van der Waals surface area contributed by atoms with E-state index in [1.165, 1.54) is 7.11 Å². The zero-order valence-corrected chi connectivity index (χ0v) is 12.7. The minimum atomic E-state index is -0.230. The minimum absolute atomic E-state index is 0.105. The van der Waals surface area contributed by atoms with Crippen LogP contribution in [0.4, 0.5) is 0 Å². The summed E-state index contributed by atoms with van der Waals surface area (Å²) in [5.74, 6) is 1.79. The van der Waals surface area contributed by atoms with Gasteiger partial charge in [0.1, 0.15) is 6.10 Å². The summed E-state index contributed by atoms with van der Waals surface area (Å²) in [6, 6.07) is 6.95. The fraction of sp³-hybridized carbons (Fsp3) is 0.400. The lowest BCUT2D eigenvalue weighted by Gasteiger charge is -2.09. The van der Waals surface area contributed by atoms with Crippen LogP contribution in [0.25, 0.3) is 0 Å². The van der Waals surface area contributed by atoms with Gasteiger partial charge in [-0.25, -0.2) is 0 Å². The van der Waals surface area contributed by atoms with Crippen molar-refractivity contribution in [2.75, 3.05) is 13.7 Å². The Morgan fingerprint density at radius 3 is 2.86 bits per heavy atom. The molecule has 0 saturated heterocycles. The Bertz CT molecular complexity index is 663. The van der Waals surface area contributed by atoms with Crippen LogP contribution in [0, 0.1) is 11.3 Å². The van der Waals surface area contributed by atoms with Gasteiger partial charge in [0.05, 0.1) is 18.7 Å². The molecule has 0 saturated carbocycles. The quantitative estimate of drug-likeness (QED) is 0.776. The standard InChI is InChI=1S/C15H17N3O4/c1-4-20-10(2)15-17-14(22-18-15)9-21-12-6-5-11(8-16)7-13(12)19-3/h5-7,10H,4,9H2,1-3H3. The van der Waals surface area contributed by atoms with E-state index in [9.17, 15) is 0 Å². The van der Waals surface area contributed by atoms with Crippen molar-refractivity contribution in [1.82, 2.24) is 10.1 Å². The first-order valence-electron chi connectivity index (χ1n) is 6.83. The maximum Gasteiger partial charge on any atom is 0.264 e. The van der Waals surface area contributed by atoms with Crippen LogP contribution in [0.5, 0.6) is 11.5 Å². The molecule has 116 valence electrons. The fourth-order valence-corrected chi connectivity index (χ4v) is 1.81. The van der Waals surface area contributed by atoms with Gasteiger partial charge in [-0.05, 0) is 26.0 Å². The second-order valence-corrected chi connectivity index (χ2v) is 4.41. The predicted octanol–water partition coefficient (Wildman–Crippen LogP) is 2.63. The summed E-state index contributed by atoms with van der Waals surface area (Å²) in [4.78, 5) is 4.21. The van der Waals surface area contributed by atoms with E-state index in [-0.39, 0.29) is 12.7 Å². The van der Waals surface area contributed by atoms with Crippen LogP contribution in [-0.4, -0.2) is 23.9 Å². The lowest BCUT2D eigenvalue weighted by atomic mass is 10.2. The minimum Gasteiger partial charge on any atom is -0.493 e. The predicted molar refractivity (Wildman–Crippen MR) is 76.4 cm³/mol. The van der Waals surface area contributed by atoms with Crippen molar-refractivity contribution in [3.8, 4) is 17.6 Å². The molecule has 1 aromatic heterocycles. The molecular formula is C15H17N3O4. The lowest BCUT2D eigenvalue weighted by Crippen LogP contribution is -2.02. The summed E-state index contributed by atoms with van der Waals surface area (Å²) in [6.07, 6.45) is -0.230. The zero-order valence-electron chi connectivity index (χ0n) is 12.7. The summed E-state index contributed by atoms with van der Waals surface area (Å²) in [5, 5.41) is 12.7. The first-order valence-corrected chi connectivity index (χ1v) is 6.83. The number of rotatable bonds is 7. The van der Waals surface area contributed by atoms with E-state index in [1.54, 1.807) is 18.2 Å². The zero-order chi connectivity index (χ0) is 15.9. The number of methoxy groups -OCH3 is 1. The molecule has 0 aliphatic rings. The van der Waals surface area contributed by atoms with E-state index < -0.39 is 0 Å². The third kappa shape index (κ3) is 3.74. The molecule has 7 heteroatoms. The number of nitrogens with zero attached hydrogens (tertiary/aromatic N) is 3. The van der Waals surface area contributed by atoms with Crippen LogP contribution in [-0.2, 0) is 11.3 Å². The highest BCUT2D eigenvalue weighted by molar-refractivity contribution is 5.46. The van der Waals surface area contributed by atoms with Crippen LogP contribution in [0.1, 0.15) is 37.2 Å². The molecule has 7 nitrogen and oxygen atoms in total. The molecule has 0 bridgehead atoms. The molecule has 0 amide bonds. The second-order valence-electron chi connectivity index (χ2n) is 4.41. The van der Waals surface area contributed by atoms with Crippen LogP contribution < -0.4 is 9.47 Å². The van der Waals surface area contributed by atoms with Crippen molar-refractivity contribution in [1.29, 1.82) is 5.26 Å². The molecule has 1 heterocycles. The molecule has 0 N–H and O–H groups in total. The smallest absolute Gasteiger partial charge is 0.264 e. The highest BCUT2D eigenvalue weighted by Crippen LogP contribution is 2.28. The molecule has 0 spiro atoms. The summed E-state index contributed by atoms with van der Waals surface area (Å²) in [7, 11) is 1.51. The first-order chi connectivity index (χ1) is 10.7. The number of aromatic nitrogens is 2. The Hall–Kier alpha value is -2.59. The van der Waals surface area contributed by atoms with Crippen molar-refractivity contribution < 1.29 is 18.7 Å². The van der Waals surface area contributed by atoms with Gasteiger partial charge in [0.25, 0.3) is 5.89 Å². The van der Waals surface area contributed by atoms with Crippen molar-refractivity contribution in [2.24, 2.45) is 0 Å². The Balaban J connectivity index is 2.03. The Morgan fingerprint density at radius 1 is 1.36 bits per heavy atom. The van der Waals surface area contributed by atoms with Gasteiger partial charge < -0.3 is 18.7 Å². The molecule has 1 atom stereocenters. The molecular weight excluding hydrogens is 286 g/mol. The third-order valence-corrected chi connectivity index (χ3v) is 2.91. The normalized spacial score (nSPS) is 11.7. The van der Waals surface area contributed by atoms with E-state index >= 15 is 0 Å². The molecule has 2 aromatic rings. The molecule has 0 radical (unpaired) electrons. The molecule has 1 unspecified atom stereocenters. The van der Waals surface area contributed by atoms with Crippen molar-refractivity contribution >= 4 is 0 Å². The van der Waals surface area contributed by atoms with Gasteiger partial charge in [-0.3, -0.25) is 0 Å². The molecule has 2 rings (SSSR count). The highest BCUT2D eigenvalue weighted by Gasteiger charge is 2.14. The monoisotopic (exact) mass is 303 g/mol. The van der Waals surface area contributed by atoms with E-state index in [0.717, 1.165) is 0 Å². The topological polar surface area (TPSA) is 90.4 Å². The summed E-state index contributed by atoms with van der Waals surface area (Å²) in [6.45, 7) is 4.43. The van der Waals surface area contributed by atoms with Crippen LogP contribution >= 0.6 is 0 Å². The Kier molecular flexibility index (Phi) is 5.33. The fourth-order valence-electron chi connectivity index (χ4n) is 1.81. The average molecular weight is 303 g/mol. The van der Waals surface area contributed by atoms with Gasteiger partial charge >= 0.3 is 0 Å². The molecule has 0 aliphatic heterocycles. The molecule has 0 fully saturated rings. The third-order valence-electron chi connectivity index (χ3n) is 2.91. The second kappa shape index (κ2) is 7.43. The van der Waals surface area contributed by atoms with Gasteiger partial charge in [-0.2, -0.15) is 10.2 Å². The maximum absolute atomic E-state index is 8.86. The number of ether oxygens (including phenoxy) is 3. The van der Waals surface area contributed by atoms with E-state index in [2.05, 4.69) is 10.1 Å². The number of hydrogen-bond donors (Lipinski definition) is 0. The summed E-state index contributed by atoms with van der Waals surface area (Å²) >= 11 is 0.